The Hall–Kier alpha value is -0.800. The lowest BCUT2D eigenvalue weighted by atomic mass is 10.0. The maximum atomic E-state index is 5.40. The Labute approximate surface area is 111 Å². The van der Waals surface area contributed by atoms with Gasteiger partial charge >= 0.3 is 0 Å². The number of rotatable bonds is 5. The zero-order valence-electron chi connectivity index (χ0n) is 10.1. The van der Waals surface area contributed by atoms with Crippen LogP contribution in [-0.4, -0.2) is 0 Å². The van der Waals surface area contributed by atoms with E-state index in [0.717, 1.165) is 4.61 Å². The molecular weight excluding hydrogens is 278 g/mol. The maximum absolute atomic E-state index is 5.40. The van der Waals surface area contributed by atoms with E-state index in [-0.39, 0.29) is 6.10 Å². The Morgan fingerprint density at radius 3 is 2.59 bits per heavy atom. The molecule has 3 heteroatoms. The van der Waals surface area contributed by atoms with Gasteiger partial charge < -0.3 is 0 Å². The van der Waals surface area contributed by atoms with E-state index in [1.165, 1.54) is 36.8 Å². The smallest absolute Gasteiger partial charge is 0.131 e. The van der Waals surface area contributed by atoms with Crippen LogP contribution in [0.3, 0.4) is 0 Å². The van der Waals surface area contributed by atoms with Gasteiger partial charge in [-0.1, -0.05) is 44.0 Å². The largest absolute Gasteiger partial charge is 0.263 e. The summed E-state index contributed by atoms with van der Waals surface area (Å²) in [5.74, 6) is 0. The van der Waals surface area contributed by atoms with Gasteiger partial charge in [0.1, 0.15) is 10.7 Å². The summed E-state index contributed by atoms with van der Waals surface area (Å²) >= 11 is 3.36. The van der Waals surface area contributed by atoms with E-state index >= 15 is 0 Å². The first-order chi connectivity index (χ1) is 8.29. The van der Waals surface area contributed by atoms with Crippen LogP contribution >= 0.6 is 15.9 Å². The second-order valence-corrected chi connectivity index (χ2v) is 5.21. The zero-order valence-corrected chi connectivity index (χ0v) is 11.7. The van der Waals surface area contributed by atoms with Crippen LogP contribution in [0.15, 0.2) is 34.9 Å². The predicted octanol–water partition coefficient (Wildman–Crippen LogP) is 4.23. The summed E-state index contributed by atoms with van der Waals surface area (Å²) in [5, 5.41) is 0. The van der Waals surface area contributed by atoms with Crippen LogP contribution in [0, 0.1) is 0 Å². The van der Waals surface area contributed by atoms with Crippen LogP contribution in [0.1, 0.15) is 43.4 Å². The van der Waals surface area contributed by atoms with Crippen molar-refractivity contribution in [3.05, 3.63) is 46.1 Å². The van der Waals surface area contributed by atoms with Crippen molar-refractivity contribution in [2.75, 3.05) is 0 Å². The van der Waals surface area contributed by atoms with Crippen molar-refractivity contribution in [1.82, 2.24) is 5.48 Å². The van der Waals surface area contributed by atoms with Gasteiger partial charge in [-0.2, -0.15) is 0 Å². The molecule has 0 saturated carbocycles. The van der Waals surface area contributed by atoms with Crippen molar-refractivity contribution in [3.63, 3.8) is 0 Å². The molecule has 0 saturated heterocycles. The van der Waals surface area contributed by atoms with Crippen LogP contribution in [0.5, 0.6) is 0 Å². The highest BCUT2D eigenvalue weighted by Crippen LogP contribution is 2.26. The first-order valence-corrected chi connectivity index (χ1v) is 6.96. The number of hydrogen-bond acceptors (Lipinski definition) is 2. The molecule has 0 amide bonds. The number of nitrogens with one attached hydrogen (secondary N) is 1. The Kier molecular flexibility index (Phi) is 4.63. The molecule has 0 radical (unpaired) electrons. The van der Waals surface area contributed by atoms with Gasteiger partial charge in [0.15, 0.2) is 0 Å². The van der Waals surface area contributed by atoms with Gasteiger partial charge in [0.05, 0.1) is 0 Å². The molecule has 0 bridgehead atoms. The van der Waals surface area contributed by atoms with E-state index in [9.17, 15) is 0 Å². The van der Waals surface area contributed by atoms with E-state index in [1.54, 1.807) is 0 Å². The normalized spacial score (nSPS) is 18.9. The molecule has 1 aromatic carbocycles. The fraction of sp³-hybridized carbons (Fsp3) is 0.429. The van der Waals surface area contributed by atoms with Crippen molar-refractivity contribution in [1.29, 1.82) is 0 Å². The average Bonchev–Trinajstić information content (AvgIpc) is 2.77. The maximum Gasteiger partial charge on any atom is 0.131 e. The molecule has 1 atom stereocenters. The molecule has 2 rings (SSSR count). The van der Waals surface area contributed by atoms with Gasteiger partial charge in [0.25, 0.3) is 0 Å². The molecule has 1 aliphatic rings. The highest BCUT2D eigenvalue weighted by Gasteiger charge is 2.16. The molecule has 1 aromatic rings. The highest BCUT2D eigenvalue weighted by molar-refractivity contribution is 9.11. The number of unbranched alkanes of at least 4 members (excludes halogenated alkanes) is 2. The molecule has 1 aliphatic heterocycles. The first kappa shape index (κ1) is 12.7. The lowest BCUT2D eigenvalue weighted by Crippen LogP contribution is -2.05. The third-order valence-electron chi connectivity index (χ3n) is 2.96. The standard InChI is InChI=1S/C14H18BrNO/c1-2-3-4-5-11-6-8-12(9-7-11)13-10-14(15)16-17-13/h6-10,13,16H,2-5H2,1H3/t13-/m0/s1. The summed E-state index contributed by atoms with van der Waals surface area (Å²) in [5.41, 5.74) is 5.40. The summed E-state index contributed by atoms with van der Waals surface area (Å²) in [6.45, 7) is 2.23. The second-order valence-electron chi connectivity index (χ2n) is 4.35. The van der Waals surface area contributed by atoms with Crippen LogP contribution in [0.25, 0.3) is 0 Å². The first-order valence-electron chi connectivity index (χ1n) is 6.17. The predicted molar refractivity (Wildman–Crippen MR) is 73.6 cm³/mol. The number of hydroxylamine groups is 1. The van der Waals surface area contributed by atoms with Gasteiger partial charge in [0, 0.05) is 0 Å². The molecule has 2 nitrogen and oxygen atoms in total. The van der Waals surface area contributed by atoms with Gasteiger partial charge in [0.2, 0.25) is 0 Å². The van der Waals surface area contributed by atoms with Crippen molar-refractivity contribution >= 4 is 15.9 Å². The Balaban J connectivity index is 1.93. The fourth-order valence-electron chi connectivity index (χ4n) is 1.94. The van der Waals surface area contributed by atoms with Crippen molar-refractivity contribution in [2.24, 2.45) is 0 Å². The molecule has 1 N–H and O–H groups in total. The molecular formula is C14H18BrNO. The van der Waals surface area contributed by atoms with E-state index in [1.807, 2.05) is 6.08 Å². The van der Waals surface area contributed by atoms with Crippen LogP contribution < -0.4 is 5.48 Å². The summed E-state index contributed by atoms with van der Waals surface area (Å²) in [6, 6.07) is 8.70. The molecule has 92 valence electrons. The minimum absolute atomic E-state index is 0.0223. The number of benzene rings is 1. The number of hydrogen-bond donors (Lipinski definition) is 1. The molecule has 0 unspecified atom stereocenters. The Morgan fingerprint density at radius 2 is 2.00 bits per heavy atom. The monoisotopic (exact) mass is 295 g/mol. The summed E-state index contributed by atoms with van der Waals surface area (Å²) in [7, 11) is 0. The summed E-state index contributed by atoms with van der Waals surface area (Å²) < 4.78 is 0.898. The van der Waals surface area contributed by atoms with Crippen molar-refractivity contribution < 1.29 is 4.84 Å². The quantitative estimate of drug-likeness (QED) is 0.648. The molecule has 0 fully saturated rings. The van der Waals surface area contributed by atoms with Crippen LogP contribution in [0.2, 0.25) is 0 Å². The van der Waals surface area contributed by atoms with Crippen LogP contribution in [0.4, 0.5) is 0 Å². The van der Waals surface area contributed by atoms with E-state index in [4.69, 9.17) is 4.84 Å². The average molecular weight is 296 g/mol. The van der Waals surface area contributed by atoms with Gasteiger partial charge in [-0.15, -0.1) is 0 Å². The topological polar surface area (TPSA) is 21.3 Å². The van der Waals surface area contributed by atoms with E-state index in [0.29, 0.717) is 0 Å². The Morgan fingerprint density at radius 1 is 1.24 bits per heavy atom. The fourth-order valence-corrected chi connectivity index (χ4v) is 2.27. The molecule has 17 heavy (non-hydrogen) atoms. The zero-order chi connectivity index (χ0) is 12.1. The molecule has 0 aliphatic carbocycles. The minimum Gasteiger partial charge on any atom is -0.263 e. The van der Waals surface area contributed by atoms with Gasteiger partial charge in [-0.3, -0.25) is 10.3 Å². The third kappa shape index (κ3) is 3.58. The molecule has 0 aromatic heterocycles. The van der Waals surface area contributed by atoms with Gasteiger partial charge in [-0.25, -0.2) is 0 Å². The second kappa shape index (κ2) is 6.22. The van der Waals surface area contributed by atoms with E-state index in [2.05, 4.69) is 52.6 Å². The highest BCUT2D eigenvalue weighted by atomic mass is 79.9. The Bertz CT molecular complexity index is 386. The minimum atomic E-state index is 0.0223. The lowest BCUT2D eigenvalue weighted by molar-refractivity contribution is 0.0458. The SMILES string of the molecule is CCCCCc1ccc([C@@H]2C=C(Br)NO2)cc1. The summed E-state index contributed by atoms with van der Waals surface area (Å²) in [4.78, 5) is 5.40. The van der Waals surface area contributed by atoms with Crippen LogP contribution in [-0.2, 0) is 11.3 Å². The number of aryl methyl sites for hydroxylation is 1. The van der Waals surface area contributed by atoms with Gasteiger partial charge in [-0.05, 0) is 46.0 Å². The molecule has 1 heterocycles. The van der Waals surface area contributed by atoms with Crippen molar-refractivity contribution in [2.45, 2.75) is 38.7 Å². The summed E-state index contributed by atoms with van der Waals surface area (Å²) in [6.07, 6.45) is 7.09. The van der Waals surface area contributed by atoms with Crippen molar-refractivity contribution in [3.8, 4) is 0 Å². The third-order valence-corrected chi connectivity index (χ3v) is 3.38. The lowest BCUT2D eigenvalue weighted by Gasteiger charge is -2.08. The van der Waals surface area contributed by atoms with E-state index < -0.39 is 0 Å². The number of halogens is 1. The molecule has 0 spiro atoms.